The Labute approximate surface area is 81.1 Å². The first-order valence-corrected chi connectivity index (χ1v) is 3.66. The summed E-state index contributed by atoms with van der Waals surface area (Å²) in [5, 5.41) is 22.5. The molecule has 0 bridgehead atoms. The minimum atomic E-state index is -4.96. The Morgan fingerprint density at radius 2 is 2.20 bits per heavy atom. The van der Waals surface area contributed by atoms with Gasteiger partial charge in [-0.1, -0.05) is 0 Å². The number of rotatable bonds is 2. The molecule has 15 heavy (non-hydrogen) atoms. The molecule has 0 fully saturated rings. The van der Waals surface area contributed by atoms with Crippen LogP contribution in [-0.4, -0.2) is 26.0 Å². The predicted molar refractivity (Wildman–Crippen MR) is 40.9 cm³/mol. The molecular weight excluding hydrogens is 219 g/mol. The average Bonchev–Trinajstić information content (AvgIpc) is 2.44. The molecule has 1 rings (SSSR count). The van der Waals surface area contributed by atoms with Crippen molar-refractivity contribution in [1.82, 2.24) is 9.78 Å². The monoisotopic (exact) mass is 225 g/mol. The molecule has 0 radical (unpaired) electrons. The fourth-order valence-corrected chi connectivity index (χ4v) is 1.05. The Balaban J connectivity index is 3.24. The van der Waals surface area contributed by atoms with Gasteiger partial charge in [0.25, 0.3) is 0 Å². The van der Waals surface area contributed by atoms with Crippen LogP contribution in [0.15, 0.2) is 6.20 Å². The number of hydrogen-bond donors (Lipinski definition) is 1. The van der Waals surface area contributed by atoms with Crippen molar-refractivity contribution < 1.29 is 23.2 Å². The number of alkyl halides is 3. The summed E-state index contributed by atoms with van der Waals surface area (Å²) in [5.74, 6) is 0. The number of aromatic nitrogens is 2. The highest BCUT2D eigenvalue weighted by Crippen LogP contribution is 2.36. The van der Waals surface area contributed by atoms with Gasteiger partial charge in [-0.2, -0.15) is 18.3 Å². The Morgan fingerprint density at radius 1 is 1.67 bits per heavy atom. The SMILES string of the molecule is Cn1ncc([N+](=O)[O-])c1[C@H](O)C(F)(F)F. The molecule has 0 aliphatic rings. The van der Waals surface area contributed by atoms with Gasteiger partial charge in [0.05, 0.1) is 4.92 Å². The van der Waals surface area contributed by atoms with Crippen molar-refractivity contribution in [2.24, 2.45) is 7.05 Å². The van der Waals surface area contributed by atoms with Crippen molar-refractivity contribution in [2.45, 2.75) is 12.3 Å². The molecule has 0 aromatic carbocycles. The second kappa shape index (κ2) is 3.50. The van der Waals surface area contributed by atoms with Gasteiger partial charge in [-0.25, -0.2) is 0 Å². The summed E-state index contributed by atoms with van der Waals surface area (Å²) in [6.45, 7) is 0. The van der Waals surface area contributed by atoms with E-state index >= 15 is 0 Å². The lowest BCUT2D eigenvalue weighted by atomic mass is 10.2. The molecular formula is C6H6F3N3O3. The van der Waals surface area contributed by atoms with Gasteiger partial charge in [0, 0.05) is 7.05 Å². The molecule has 1 heterocycles. The van der Waals surface area contributed by atoms with Crippen molar-refractivity contribution in [3.63, 3.8) is 0 Å². The zero-order chi connectivity index (χ0) is 11.8. The van der Waals surface area contributed by atoms with Crippen LogP contribution >= 0.6 is 0 Å². The lowest BCUT2D eigenvalue weighted by molar-refractivity contribution is -0.387. The van der Waals surface area contributed by atoms with E-state index < -0.39 is 28.6 Å². The van der Waals surface area contributed by atoms with Crippen molar-refractivity contribution in [3.05, 3.63) is 22.0 Å². The van der Waals surface area contributed by atoms with E-state index in [-0.39, 0.29) is 0 Å². The molecule has 1 atom stereocenters. The number of aliphatic hydroxyl groups is 1. The molecule has 0 aliphatic carbocycles. The highest BCUT2D eigenvalue weighted by atomic mass is 19.4. The van der Waals surface area contributed by atoms with Crippen LogP contribution in [0.2, 0.25) is 0 Å². The van der Waals surface area contributed by atoms with Crippen molar-refractivity contribution in [2.75, 3.05) is 0 Å². The van der Waals surface area contributed by atoms with E-state index in [1.165, 1.54) is 0 Å². The third-order valence-electron chi connectivity index (χ3n) is 1.73. The maximum atomic E-state index is 12.1. The highest BCUT2D eigenvalue weighted by Gasteiger charge is 2.45. The normalized spacial score (nSPS) is 13.9. The van der Waals surface area contributed by atoms with Gasteiger partial charge in [-0.05, 0) is 0 Å². The van der Waals surface area contributed by atoms with Crippen LogP contribution in [0.25, 0.3) is 0 Å². The van der Waals surface area contributed by atoms with Gasteiger partial charge in [0.2, 0.25) is 0 Å². The van der Waals surface area contributed by atoms with Gasteiger partial charge in [-0.3, -0.25) is 14.8 Å². The first-order valence-electron chi connectivity index (χ1n) is 3.66. The van der Waals surface area contributed by atoms with Crippen LogP contribution in [0.5, 0.6) is 0 Å². The molecule has 0 aliphatic heterocycles. The van der Waals surface area contributed by atoms with Crippen molar-refractivity contribution >= 4 is 5.69 Å². The van der Waals surface area contributed by atoms with E-state index in [0.717, 1.165) is 7.05 Å². The molecule has 1 N–H and O–H groups in total. The molecule has 0 saturated carbocycles. The Kier molecular flexibility index (Phi) is 2.67. The first-order chi connectivity index (χ1) is 6.75. The number of nitrogens with zero attached hydrogens (tertiary/aromatic N) is 3. The minimum Gasteiger partial charge on any atom is -0.378 e. The standard InChI is InChI=1S/C6H6F3N3O3/c1-11-4(5(13)6(7,8)9)3(2-10-11)12(14)15/h2,5,13H,1H3/t5-/m0/s1. The number of aryl methyl sites for hydroxylation is 1. The van der Waals surface area contributed by atoms with Gasteiger partial charge in [0.15, 0.2) is 11.8 Å². The van der Waals surface area contributed by atoms with Crippen molar-refractivity contribution in [3.8, 4) is 0 Å². The molecule has 1 aromatic heterocycles. The maximum absolute atomic E-state index is 12.1. The first kappa shape index (κ1) is 11.4. The van der Waals surface area contributed by atoms with Gasteiger partial charge in [0.1, 0.15) is 6.20 Å². The number of hydrogen-bond acceptors (Lipinski definition) is 4. The third kappa shape index (κ3) is 2.06. The van der Waals surface area contributed by atoms with Crippen molar-refractivity contribution in [1.29, 1.82) is 0 Å². The van der Waals surface area contributed by atoms with E-state index in [1.807, 2.05) is 0 Å². The second-order valence-corrected chi connectivity index (χ2v) is 2.74. The van der Waals surface area contributed by atoms with E-state index in [4.69, 9.17) is 5.11 Å². The lowest BCUT2D eigenvalue weighted by Crippen LogP contribution is -2.23. The topological polar surface area (TPSA) is 81.2 Å². The Morgan fingerprint density at radius 3 is 2.60 bits per heavy atom. The summed E-state index contributed by atoms with van der Waals surface area (Å²) in [7, 11) is 1.08. The molecule has 0 saturated heterocycles. The minimum absolute atomic E-state index is 0.621. The summed E-state index contributed by atoms with van der Waals surface area (Å²) in [6, 6.07) is 0. The molecule has 0 spiro atoms. The molecule has 0 amide bonds. The van der Waals surface area contributed by atoms with E-state index in [2.05, 4.69) is 5.10 Å². The van der Waals surface area contributed by atoms with Crippen LogP contribution in [-0.2, 0) is 7.05 Å². The highest BCUT2D eigenvalue weighted by molar-refractivity contribution is 5.35. The summed E-state index contributed by atoms with van der Waals surface area (Å²) in [4.78, 5) is 9.31. The summed E-state index contributed by atoms with van der Waals surface area (Å²) in [6.07, 6.45) is -7.21. The van der Waals surface area contributed by atoms with Gasteiger partial charge in [-0.15, -0.1) is 0 Å². The summed E-state index contributed by atoms with van der Waals surface area (Å²) >= 11 is 0. The van der Waals surface area contributed by atoms with Gasteiger partial charge >= 0.3 is 11.9 Å². The average molecular weight is 225 g/mol. The smallest absolute Gasteiger partial charge is 0.378 e. The number of aliphatic hydroxyl groups excluding tert-OH is 1. The van der Waals surface area contributed by atoms with Crippen LogP contribution in [0.3, 0.4) is 0 Å². The molecule has 9 heteroatoms. The molecule has 1 aromatic rings. The largest absolute Gasteiger partial charge is 0.420 e. The third-order valence-corrected chi connectivity index (χ3v) is 1.73. The van der Waals surface area contributed by atoms with Crippen LogP contribution in [0.4, 0.5) is 18.9 Å². The number of halogens is 3. The number of nitro groups is 1. The maximum Gasteiger partial charge on any atom is 0.420 e. The van der Waals surface area contributed by atoms with Crippen LogP contribution in [0.1, 0.15) is 11.8 Å². The quantitative estimate of drug-likeness (QED) is 0.599. The van der Waals surface area contributed by atoms with Crippen LogP contribution < -0.4 is 0 Å². The summed E-state index contributed by atoms with van der Waals surface area (Å²) in [5.41, 5.74) is -1.74. The Bertz CT molecular complexity index is 387. The van der Waals surface area contributed by atoms with E-state index in [9.17, 15) is 23.3 Å². The molecule has 0 unspecified atom stereocenters. The second-order valence-electron chi connectivity index (χ2n) is 2.74. The Hall–Kier alpha value is -1.64. The zero-order valence-corrected chi connectivity index (χ0v) is 7.39. The van der Waals surface area contributed by atoms with Gasteiger partial charge < -0.3 is 5.11 Å². The summed E-state index contributed by atoms with van der Waals surface area (Å²) < 4.78 is 37.0. The van der Waals surface area contributed by atoms with E-state index in [1.54, 1.807) is 0 Å². The fraction of sp³-hybridized carbons (Fsp3) is 0.500. The fourth-order valence-electron chi connectivity index (χ4n) is 1.05. The lowest BCUT2D eigenvalue weighted by Gasteiger charge is -2.13. The molecule has 84 valence electrons. The molecule has 6 nitrogen and oxygen atoms in total. The van der Waals surface area contributed by atoms with Crippen LogP contribution in [0, 0.1) is 10.1 Å². The zero-order valence-electron chi connectivity index (χ0n) is 7.39. The predicted octanol–water partition coefficient (Wildman–Crippen LogP) is 0.924. The van der Waals surface area contributed by atoms with E-state index in [0.29, 0.717) is 10.9 Å².